The van der Waals surface area contributed by atoms with E-state index in [1.54, 1.807) is 13.6 Å². The maximum absolute atomic E-state index is 12.1. The summed E-state index contributed by atoms with van der Waals surface area (Å²) in [6.45, 7) is 5.33. The summed E-state index contributed by atoms with van der Waals surface area (Å²) in [6, 6.07) is 0. The molecule has 0 spiro atoms. The highest BCUT2D eigenvalue weighted by Gasteiger charge is 2.46. The molecule has 4 unspecified atom stereocenters. The number of carboxylic acids is 1. The lowest BCUT2D eigenvalue weighted by Crippen LogP contribution is -2.32. The molecule has 9 heteroatoms. The number of hydrogen-bond donors (Lipinski definition) is 1. The molecule has 22 heavy (non-hydrogen) atoms. The summed E-state index contributed by atoms with van der Waals surface area (Å²) in [4.78, 5) is 31.9. The van der Waals surface area contributed by atoms with E-state index in [4.69, 9.17) is 11.6 Å². The Morgan fingerprint density at radius 2 is 2.00 bits per heavy atom. The van der Waals surface area contributed by atoms with E-state index >= 15 is 0 Å². The van der Waals surface area contributed by atoms with Crippen molar-refractivity contribution in [3.63, 3.8) is 0 Å². The zero-order valence-electron chi connectivity index (χ0n) is 12.4. The average molecular weight is 360 g/mol. The van der Waals surface area contributed by atoms with E-state index in [2.05, 4.69) is 22.6 Å². The van der Waals surface area contributed by atoms with Crippen LogP contribution in [0.25, 0.3) is 0 Å². The fourth-order valence-corrected chi connectivity index (χ4v) is 5.27. The van der Waals surface area contributed by atoms with Gasteiger partial charge >= 0.3 is 11.7 Å². The number of nitrogens with zero attached hydrogens (tertiary/aromatic N) is 3. The van der Waals surface area contributed by atoms with Crippen LogP contribution in [0.5, 0.6) is 0 Å². The van der Waals surface area contributed by atoms with Gasteiger partial charge in [0.05, 0.1) is 32.4 Å². The molecule has 6 nitrogen and oxygen atoms in total. The second kappa shape index (κ2) is 6.04. The van der Waals surface area contributed by atoms with Crippen LogP contribution in [-0.4, -0.2) is 52.0 Å². The lowest BCUT2D eigenvalue weighted by molar-refractivity contribution is -0.139. The molecule has 1 aromatic heterocycles. The Hall–Kier alpha value is -1.35. The number of aromatic nitrogens is 2. The molecule has 1 aromatic rings. The molecule has 0 bridgehead atoms. The molecule has 2 heterocycles. The van der Waals surface area contributed by atoms with E-state index in [9.17, 15) is 14.7 Å². The lowest BCUT2D eigenvalue weighted by Gasteiger charge is -2.24. The lowest BCUT2D eigenvalue weighted by atomic mass is 9.93. The van der Waals surface area contributed by atoms with Gasteiger partial charge < -0.3 is 5.11 Å². The summed E-state index contributed by atoms with van der Waals surface area (Å²) < 4.78 is 1.41. The van der Waals surface area contributed by atoms with Crippen LogP contribution < -0.4 is 5.69 Å². The highest BCUT2D eigenvalue weighted by molar-refractivity contribution is 7.55. The minimum atomic E-state index is -1.07. The van der Waals surface area contributed by atoms with Crippen LogP contribution in [0.3, 0.4) is 0 Å². The van der Waals surface area contributed by atoms with Crippen molar-refractivity contribution in [3.05, 3.63) is 21.2 Å². The summed E-state index contributed by atoms with van der Waals surface area (Å²) in [5.74, 6) is -1.40. The molecule has 0 aromatic carbocycles. The highest BCUT2D eigenvalue weighted by atomic mass is 35.5. The Bertz CT molecular complexity index is 800. The maximum atomic E-state index is 12.1. The first kappa shape index (κ1) is 17.0. The van der Waals surface area contributed by atoms with Gasteiger partial charge in [0.25, 0.3) is 0 Å². The van der Waals surface area contributed by atoms with Crippen molar-refractivity contribution in [2.24, 2.45) is 10.9 Å². The molecule has 1 aliphatic heterocycles. The number of fused-ring (bicyclic) bond motifs is 1. The third kappa shape index (κ3) is 2.67. The Balaban J connectivity index is 2.93. The molecule has 0 fully saturated rings. The van der Waals surface area contributed by atoms with Crippen molar-refractivity contribution in [3.8, 4) is 0 Å². The summed E-state index contributed by atoms with van der Waals surface area (Å²) in [5, 5.41) is 9.55. The SMILES string of the molecule is C=[P+](C)C1c2c(Cl)nc(=O)n([P+](=C)C)c2N=C(C)C1C(=O)O. The molecule has 0 amide bonds. The molecule has 116 valence electrons. The molecule has 1 N–H and O–H groups in total. The van der Waals surface area contributed by atoms with Gasteiger partial charge in [0.1, 0.15) is 17.7 Å². The molecule has 0 saturated heterocycles. The van der Waals surface area contributed by atoms with Crippen LogP contribution in [0, 0.1) is 5.92 Å². The van der Waals surface area contributed by atoms with Crippen LogP contribution in [0.4, 0.5) is 5.82 Å². The van der Waals surface area contributed by atoms with Crippen LogP contribution in [0.2, 0.25) is 5.15 Å². The maximum Gasteiger partial charge on any atom is 0.388 e. The number of aliphatic carboxylic acids is 1. The molecule has 2 rings (SSSR count). The monoisotopic (exact) mass is 359 g/mol. The molecular weight excluding hydrogens is 344 g/mol. The smallest absolute Gasteiger partial charge is 0.388 e. The van der Waals surface area contributed by atoms with Gasteiger partial charge in [-0.25, -0.2) is 9.79 Å². The van der Waals surface area contributed by atoms with Crippen molar-refractivity contribution in [2.75, 3.05) is 13.3 Å². The van der Waals surface area contributed by atoms with E-state index in [0.717, 1.165) is 0 Å². The summed E-state index contributed by atoms with van der Waals surface area (Å²) in [5.41, 5.74) is -0.00104. The fourth-order valence-electron chi connectivity index (χ4n) is 2.58. The minimum absolute atomic E-state index is 0.0126. The van der Waals surface area contributed by atoms with E-state index in [1.165, 1.54) is 4.34 Å². The van der Waals surface area contributed by atoms with E-state index in [-0.39, 0.29) is 5.15 Å². The van der Waals surface area contributed by atoms with Gasteiger partial charge in [0.2, 0.25) is 7.70 Å². The van der Waals surface area contributed by atoms with Crippen LogP contribution in [0.1, 0.15) is 18.1 Å². The van der Waals surface area contributed by atoms with Crippen molar-refractivity contribution < 1.29 is 9.90 Å². The van der Waals surface area contributed by atoms with Crippen molar-refractivity contribution >= 4 is 56.9 Å². The van der Waals surface area contributed by atoms with Crippen LogP contribution in [0.15, 0.2) is 9.79 Å². The van der Waals surface area contributed by atoms with Gasteiger partial charge in [0, 0.05) is 5.71 Å². The van der Waals surface area contributed by atoms with Gasteiger partial charge in [-0.2, -0.15) is 4.98 Å². The molecule has 1 aliphatic rings. The Labute approximate surface area is 134 Å². The fraction of sp³-hybridized carbons (Fsp3) is 0.385. The molecule has 4 atom stereocenters. The highest BCUT2D eigenvalue weighted by Crippen LogP contribution is 2.52. The third-order valence-corrected chi connectivity index (χ3v) is 6.30. The predicted molar refractivity (Wildman–Crippen MR) is 95.5 cm³/mol. The van der Waals surface area contributed by atoms with Crippen LogP contribution in [-0.2, 0) is 4.79 Å². The molecule has 0 saturated carbocycles. The van der Waals surface area contributed by atoms with Crippen molar-refractivity contribution in [1.82, 2.24) is 9.32 Å². The minimum Gasteiger partial charge on any atom is -0.481 e. The number of hydrogen-bond acceptors (Lipinski definition) is 4. The Morgan fingerprint density at radius 1 is 1.41 bits per heavy atom. The predicted octanol–water partition coefficient (Wildman–Crippen LogP) is 2.60. The number of halogens is 1. The number of carbonyl (C=O) groups is 1. The summed E-state index contributed by atoms with van der Waals surface area (Å²) in [7, 11) is -1.99. The third-order valence-electron chi connectivity index (χ3n) is 3.46. The van der Waals surface area contributed by atoms with Gasteiger partial charge in [-0.15, -0.1) is 0 Å². The first-order valence-corrected chi connectivity index (χ1v) is 10.7. The Morgan fingerprint density at radius 3 is 2.45 bits per heavy atom. The number of rotatable bonds is 3. The second-order valence-corrected chi connectivity index (χ2v) is 9.31. The molecule has 0 radical (unpaired) electrons. The summed E-state index contributed by atoms with van der Waals surface area (Å²) in [6.07, 6.45) is 7.93. The average Bonchev–Trinajstić information content (AvgIpc) is 2.35. The van der Waals surface area contributed by atoms with Crippen LogP contribution >= 0.6 is 26.8 Å². The zero-order valence-corrected chi connectivity index (χ0v) is 15.0. The van der Waals surface area contributed by atoms with Gasteiger partial charge in [-0.05, 0) is 6.92 Å². The van der Waals surface area contributed by atoms with Gasteiger partial charge in [0.15, 0.2) is 11.5 Å². The van der Waals surface area contributed by atoms with Gasteiger partial charge in [-0.1, -0.05) is 15.9 Å². The first-order valence-electron chi connectivity index (χ1n) is 6.35. The molecular formula is C13H16ClN3O3P2+2. The van der Waals surface area contributed by atoms with E-state index in [0.29, 0.717) is 17.1 Å². The normalized spacial score (nSPS) is 21.7. The van der Waals surface area contributed by atoms with E-state index < -0.39 is 38.5 Å². The zero-order chi connectivity index (χ0) is 16.8. The number of carboxylic acid groups (broad SMARTS) is 1. The molecule has 0 aliphatic carbocycles. The number of aliphatic imine (C=N–C) groups is 1. The Kier molecular flexibility index (Phi) is 4.67. The topological polar surface area (TPSA) is 84.5 Å². The van der Waals surface area contributed by atoms with Gasteiger partial charge in [-0.3, -0.25) is 4.79 Å². The quantitative estimate of drug-likeness (QED) is 0.664. The van der Waals surface area contributed by atoms with Crippen molar-refractivity contribution in [1.29, 1.82) is 0 Å². The second-order valence-electron chi connectivity index (χ2n) is 5.16. The van der Waals surface area contributed by atoms with E-state index in [1.807, 2.05) is 6.66 Å². The first-order chi connectivity index (χ1) is 10.2. The largest absolute Gasteiger partial charge is 0.481 e. The van der Waals surface area contributed by atoms with Crippen molar-refractivity contribution in [2.45, 2.75) is 12.6 Å². The standard InChI is InChI=1S/C13H15ClN3O3P2/c1-6-7(12(18)19)9(21(2)3)8-10(14)16-13(20)17(22(4)5)11(8)15-6/h7,9H,2,4H2,1,3,5H3/q+1/p+1. The summed E-state index contributed by atoms with van der Waals surface area (Å²) >= 11 is 6.16.